The van der Waals surface area contributed by atoms with Crippen LogP contribution in [0.4, 0.5) is 5.13 Å². The number of carbonyl (C=O) groups is 1. The fourth-order valence-corrected chi connectivity index (χ4v) is 2.54. The number of aromatic nitrogens is 1. The van der Waals surface area contributed by atoms with Crippen LogP contribution in [0.1, 0.15) is 16.1 Å². The maximum Gasteiger partial charge on any atom is 0.357 e. The van der Waals surface area contributed by atoms with Crippen molar-refractivity contribution in [2.45, 2.75) is 6.54 Å². The minimum Gasteiger partial charge on any atom is -0.464 e. The lowest BCUT2D eigenvalue weighted by Crippen LogP contribution is -2.16. The summed E-state index contributed by atoms with van der Waals surface area (Å²) in [6.45, 7) is 0.633. The predicted molar refractivity (Wildman–Crippen MR) is 77.0 cm³/mol. The maximum absolute atomic E-state index is 11.3. The van der Waals surface area contributed by atoms with Crippen LogP contribution in [0.2, 0.25) is 5.02 Å². The maximum atomic E-state index is 11.3. The summed E-state index contributed by atoms with van der Waals surface area (Å²) in [5.74, 6) is -0.423. The summed E-state index contributed by atoms with van der Waals surface area (Å²) in [6.07, 6.45) is 0. The third-order valence-electron chi connectivity index (χ3n) is 2.58. The van der Waals surface area contributed by atoms with E-state index in [1.54, 1.807) is 5.38 Å². The van der Waals surface area contributed by atoms with Crippen LogP contribution < -0.4 is 4.90 Å². The van der Waals surface area contributed by atoms with Crippen LogP contribution in [0.3, 0.4) is 0 Å². The fourth-order valence-electron chi connectivity index (χ4n) is 1.59. The Kier molecular flexibility index (Phi) is 4.39. The first-order valence-corrected chi connectivity index (χ1v) is 6.86. The summed E-state index contributed by atoms with van der Waals surface area (Å²) in [6, 6.07) is 7.65. The van der Waals surface area contributed by atoms with Gasteiger partial charge in [-0.1, -0.05) is 29.8 Å². The average molecular weight is 297 g/mol. The molecule has 0 saturated carbocycles. The molecule has 2 aromatic rings. The molecule has 1 heterocycles. The second-order valence-electron chi connectivity index (χ2n) is 3.95. The molecule has 2 rings (SSSR count). The van der Waals surface area contributed by atoms with Crippen molar-refractivity contribution in [2.24, 2.45) is 0 Å². The lowest BCUT2D eigenvalue weighted by molar-refractivity contribution is 0.0595. The van der Waals surface area contributed by atoms with Gasteiger partial charge in [-0.3, -0.25) is 0 Å². The SMILES string of the molecule is COC(=O)c1csc(N(C)Cc2ccccc2Cl)n1. The van der Waals surface area contributed by atoms with Crippen molar-refractivity contribution < 1.29 is 9.53 Å². The zero-order valence-corrected chi connectivity index (χ0v) is 12.2. The first-order chi connectivity index (χ1) is 9.11. The van der Waals surface area contributed by atoms with Crippen LogP contribution in [0.15, 0.2) is 29.6 Å². The van der Waals surface area contributed by atoms with Gasteiger partial charge in [0.15, 0.2) is 10.8 Å². The average Bonchev–Trinajstić information content (AvgIpc) is 2.90. The van der Waals surface area contributed by atoms with Gasteiger partial charge in [-0.15, -0.1) is 11.3 Å². The van der Waals surface area contributed by atoms with Gasteiger partial charge in [0.2, 0.25) is 0 Å². The van der Waals surface area contributed by atoms with Crippen molar-refractivity contribution >= 4 is 34.0 Å². The number of thiazole rings is 1. The number of ether oxygens (including phenoxy) is 1. The first kappa shape index (κ1) is 13.8. The predicted octanol–water partition coefficient (Wildman–Crippen LogP) is 3.22. The Morgan fingerprint density at radius 3 is 2.89 bits per heavy atom. The van der Waals surface area contributed by atoms with Crippen molar-refractivity contribution in [3.05, 3.63) is 45.9 Å². The van der Waals surface area contributed by atoms with Crippen molar-refractivity contribution in [2.75, 3.05) is 19.1 Å². The number of halogens is 1. The molecule has 19 heavy (non-hydrogen) atoms. The molecule has 0 aliphatic rings. The number of hydrogen-bond acceptors (Lipinski definition) is 5. The van der Waals surface area contributed by atoms with E-state index in [9.17, 15) is 4.79 Å². The van der Waals surface area contributed by atoms with Gasteiger partial charge in [-0.05, 0) is 11.6 Å². The molecule has 0 atom stereocenters. The number of esters is 1. The van der Waals surface area contributed by atoms with Gasteiger partial charge in [0.1, 0.15) is 0 Å². The fraction of sp³-hybridized carbons (Fsp3) is 0.231. The van der Waals surface area contributed by atoms with Crippen LogP contribution in [-0.4, -0.2) is 25.1 Å². The van der Waals surface area contributed by atoms with Crippen LogP contribution in [0.25, 0.3) is 0 Å². The molecule has 0 radical (unpaired) electrons. The Bertz CT molecular complexity index is 586. The van der Waals surface area contributed by atoms with E-state index in [1.807, 2.05) is 36.2 Å². The van der Waals surface area contributed by atoms with Gasteiger partial charge in [0.25, 0.3) is 0 Å². The smallest absolute Gasteiger partial charge is 0.357 e. The van der Waals surface area contributed by atoms with E-state index in [4.69, 9.17) is 11.6 Å². The largest absolute Gasteiger partial charge is 0.464 e. The lowest BCUT2D eigenvalue weighted by atomic mass is 10.2. The summed E-state index contributed by atoms with van der Waals surface area (Å²) in [7, 11) is 3.25. The molecule has 1 aromatic heterocycles. The number of methoxy groups -OCH3 is 1. The molecule has 0 fully saturated rings. The summed E-state index contributed by atoms with van der Waals surface area (Å²) >= 11 is 7.51. The number of anilines is 1. The highest BCUT2D eigenvalue weighted by Gasteiger charge is 2.13. The number of rotatable bonds is 4. The molecule has 0 aliphatic heterocycles. The molecule has 0 saturated heterocycles. The zero-order valence-electron chi connectivity index (χ0n) is 10.6. The van der Waals surface area contributed by atoms with Crippen LogP contribution in [0, 0.1) is 0 Å². The molecular weight excluding hydrogens is 284 g/mol. The van der Waals surface area contributed by atoms with Gasteiger partial charge >= 0.3 is 5.97 Å². The monoisotopic (exact) mass is 296 g/mol. The molecule has 0 aliphatic carbocycles. The molecule has 6 heteroatoms. The van der Waals surface area contributed by atoms with Crippen LogP contribution in [-0.2, 0) is 11.3 Å². The van der Waals surface area contributed by atoms with Crippen LogP contribution >= 0.6 is 22.9 Å². The van der Waals surface area contributed by atoms with E-state index in [0.717, 1.165) is 15.7 Å². The van der Waals surface area contributed by atoms with Gasteiger partial charge in [0, 0.05) is 24.0 Å². The molecule has 0 bridgehead atoms. The minimum atomic E-state index is -0.423. The van der Waals surface area contributed by atoms with Gasteiger partial charge in [-0.2, -0.15) is 0 Å². The molecule has 0 spiro atoms. The Morgan fingerprint density at radius 2 is 2.21 bits per heavy atom. The number of nitrogens with zero attached hydrogens (tertiary/aromatic N) is 2. The first-order valence-electron chi connectivity index (χ1n) is 5.60. The molecule has 1 aromatic carbocycles. The number of benzene rings is 1. The molecule has 4 nitrogen and oxygen atoms in total. The van der Waals surface area contributed by atoms with E-state index in [-0.39, 0.29) is 0 Å². The van der Waals surface area contributed by atoms with Crippen molar-refractivity contribution in [1.82, 2.24) is 4.98 Å². The van der Waals surface area contributed by atoms with E-state index in [0.29, 0.717) is 12.2 Å². The molecular formula is C13H13ClN2O2S. The quantitative estimate of drug-likeness (QED) is 0.813. The Labute approximate surface area is 120 Å². The highest BCUT2D eigenvalue weighted by molar-refractivity contribution is 7.13. The number of carbonyl (C=O) groups excluding carboxylic acids is 1. The molecule has 0 amide bonds. The summed E-state index contributed by atoms with van der Waals surface area (Å²) < 4.78 is 4.63. The summed E-state index contributed by atoms with van der Waals surface area (Å²) in [5, 5.41) is 3.16. The second-order valence-corrected chi connectivity index (χ2v) is 5.20. The normalized spacial score (nSPS) is 10.3. The third-order valence-corrected chi connectivity index (χ3v) is 3.90. The van der Waals surface area contributed by atoms with E-state index in [2.05, 4.69) is 9.72 Å². The highest BCUT2D eigenvalue weighted by atomic mass is 35.5. The zero-order chi connectivity index (χ0) is 13.8. The standard InChI is InChI=1S/C13H13ClN2O2S/c1-16(7-9-5-3-4-6-10(9)14)13-15-11(8-19-13)12(17)18-2/h3-6,8H,7H2,1-2H3. The Balaban J connectivity index is 2.12. The van der Waals surface area contributed by atoms with Crippen molar-refractivity contribution in [1.29, 1.82) is 0 Å². The molecule has 0 N–H and O–H groups in total. The third kappa shape index (κ3) is 3.24. The summed E-state index contributed by atoms with van der Waals surface area (Å²) in [5.41, 5.74) is 1.34. The van der Waals surface area contributed by atoms with Gasteiger partial charge < -0.3 is 9.64 Å². The lowest BCUT2D eigenvalue weighted by Gasteiger charge is -2.16. The van der Waals surface area contributed by atoms with Crippen molar-refractivity contribution in [3.63, 3.8) is 0 Å². The van der Waals surface area contributed by atoms with Crippen LogP contribution in [0.5, 0.6) is 0 Å². The minimum absolute atomic E-state index is 0.327. The van der Waals surface area contributed by atoms with Crippen molar-refractivity contribution in [3.8, 4) is 0 Å². The summed E-state index contributed by atoms with van der Waals surface area (Å²) in [4.78, 5) is 17.5. The van der Waals surface area contributed by atoms with E-state index >= 15 is 0 Å². The topological polar surface area (TPSA) is 42.4 Å². The molecule has 100 valence electrons. The second kappa shape index (κ2) is 6.04. The highest BCUT2D eigenvalue weighted by Crippen LogP contribution is 2.23. The van der Waals surface area contributed by atoms with Gasteiger partial charge in [0.05, 0.1) is 7.11 Å². The number of hydrogen-bond donors (Lipinski definition) is 0. The Hall–Kier alpha value is -1.59. The van der Waals surface area contributed by atoms with E-state index < -0.39 is 5.97 Å². The van der Waals surface area contributed by atoms with Gasteiger partial charge in [-0.25, -0.2) is 9.78 Å². The Morgan fingerprint density at radius 1 is 1.47 bits per heavy atom. The van der Waals surface area contributed by atoms with E-state index in [1.165, 1.54) is 18.4 Å². The molecule has 0 unspecified atom stereocenters.